The van der Waals surface area contributed by atoms with E-state index in [0.717, 1.165) is 17.3 Å². The molecule has 1 aromatic rings. The van der Waals surface area contributed by atoms with Crippen molar-refractivity contribution in [2.24, 2.45) is 17.3 Å². The molecular weight excluding hydrogens is 348 g/mol. The van der Waals surface area contributed by atoms with Crippen LogP contribution >= 0.6 is 0 Å². The van der Waals surface area contributed by atoms with Gasteiger partial charge in [0.15, 0.2) is 0 Å². The Morgan fingerprint density at radius 2 is 1.34 bits per heavy atom. The minimum atomic E-state index is 0.530. The Morgan fingerprint density at radius 1 is 0.724 bits per heavy atom. The maximum Gasteiger partial charge on any atom is -0.00463 e. The number of hydrogen-bond acceptors (Lipinski definition) is 0. The maximum absolute atomic E-state index is 2.50. The largest absolute Gasteiger partial charge is 0.0654 e. The monoisotopic (exact) mass is 394 g/mol. The third-order valence-electron chi connectivity index (χ3n) is 9.62. The summed E-state index contributed by atoms with van der Waals surface area (Å²) in [5, 5.41) is 0. The Balaban J connectivity index is 1.32. The van der Waals surface area contributed by atoms with E-state index < -0.39 is 0 Å². The highest BCUT2D eigenvalue weighted by atomic mass is 14.6. The van der Waals surface area contributed by atoms with Crippen LogP contribution in [-0.4, -0.2) is 0 Å². The molecule has 0 heterocycles. The van der Waals surface area contributed by atoms with Crippen molar-refractivity contribution in [3.05, 3.63) is 35.4 Å². The van der Waals surface area contributed by atoms with Crippen molar-refractivity contribution < 1.29 is 0 Å². The minimum absolute atomic E-state index is 0.530. The molecule has 0 nitrogen and oxygen atoms in total. The van der Waals surface area contributed by atoms with Crippen LogP contribution < -0.4 is 0 Å². The normalized spacial score (nSPS) is 34.4. The summed E-state index contributed by atoms with van der Waals surface area (Å²) in [6, 6.07) is 9.89. The van der Waals surface area contributed by atoms with Crippen LogP contribution in [0.1, 0.15) is 128 Å². The average Bonchev–Trinajstić information content (AvgIpc) is 2.80. The van der Waals surface area contributed by atoms with E-state index in [1.165, 1.54) is 83.5 Å². The molecule has 29 heavy (non-hydrogen) atoms. The molecule has 0 atom stereocenters. The molecule has 4 fully saturated rings. The minimum Gasteiger partial charge on any atom is -0.0654 e. The van der Waals surface area contributed by atoms with Gasteiger partial charge in [-0.15, -0.1) is 0 Å². The molecule has 4 aliphatic rings. The van der Waals surface area contributed by atoms with Crippen molar-refractivity contribution in [3.63, 3.8) is 0 Å². The molecule has 0 amide bonds. The van der Waals surface area contributed by atoms with E-state index in [2.05, 4.69) is 38.1 Å². The Hall–Kier alpha value is -0.780. The third kappa shape index (κ3) is 4.62. The van der Waals surface area contributed by atoms with E-state index in [1.54, 1.807) is 36.8 Å². The van der Waals surface area contributed by atoms with Crippen molar-refractivity contribution in [1.29, 1.82) is 0 Å². The topological polar surface area (TPSA) is 0 Å². The summed E-state index contributed by atoms with van der Waals surface area (Å²) >= 11 is 0. The lowest BCUT2D eigenvalue weighted by Gasteiger charge is -2.58. The van der Waals surface area contributed by atoms with Crippen LogP contribution in [0.25, 0.3) is 0 Å². The quantitative estimate of drug-likeness (QED) is 0.366. The van der Waals surface area contributed by atoms with Gasteiger partial charge in [0.25, 0.3) is 0 Å². The van der Waals surface area contributed by atoms with Gasteiger partial charge in [-0.3, -0.25) is 0 Å². The number of fused-ring (bicyclic) bond motifs is 3. The fourth-order valence-electron chi connectivity index (χ4n) is 7.41. The first kappa shape index (κ1) is 21.5. The first-order chi connectivity index (χ1) is 14.2. The molecule has 4 saturated carbocycles. The second-order valence-corrected chi connectivity index (χ2v) is 11.2. The molecule has 5 rings (SSSR count). The van der Waals surface area contributed by atoms with Crippen LogP contribution in [0.3, 0.4) is 0 Å². The predicted molar refractivity (Wildman–Crippen MR) is 126 cm³/mol. The second kappa shape index (κ2) is 9.57. The van der Waals surface area contributed by atoms with Gasteiger partial charge in [-0.2, -0.15) is 0 Å². The Morgan fingerprint density at radius 3 is 1.93 bits per heavy atom. The Labute approximate surface area is 181 Å². The van der Waals surface area contributed by atoms with Crippen LogP contribution in [0.4, 0.5) is 0 Å². The molecule has 0 spiro atoms. The lowest BCUT2D eigenvalue weighted by Crippen LogP contribution is -2.48. The zero-order chi connectivity index (χ0) is 20.2. The van der Waals surface area contributed by atoms with E-state index in [4.69, 9.17) is 0 Å². The van der Waals surface area contributed by atoms with Gasteiger partial charge in [-0.1, -0.05) is 83.1 Å². The van der Waals surface area contributed by atoms with E-state index in [9.17, 15) is 0 Å². The van der Waals surface area contributed by atoms with Gasteiger partial charge < -0.3 is 0 Å². The van der Waals surface area contributed by atoms with E-state index in [0.29, 0.717) is 5.41 Å². The molecule has 0 heteroatoms. The summed E-state index contributed by atoms with van der Waals surface area (Å²) in [7, 11) is 0. The molecule has 1 aromatic carbocycles. The second-order valence-electron chi connectivity index (χ2n) is 11.2. The smallest absolute Gasteiger partial charge is 0.00463 e. The van der Waals surface area contributed by atoms with Crippen LogP contribution in [-0.2, 0) is 11.8 Å². The highest BCUT2D eigenvalue weighted by Crippen LogP contribution is 2.62. The molecule has 0 aromatic heterocycles. The molecule has 162 valence electrons. The summed E-state index contributed by atoms with van der Waals surface area (Å²) in [5.41, 5.74) is 4.48. The van der Waals surface area contributed by atoms with Crippen molar-refractivity contribution in [3.8, 4) is 0 Å². The lowest BCUT2D eigenvalue weighted by atomic mass is 9.47. The molecule has 0 N–H and O–H groups in total. The average molecular weight is 395 g/mol. The summed E-state index contributed by atoms with van der Waals surface area (Å²) in [5.74, 6) is 2.12. The number of unbranched alkanes of at least 4 members (excludes halogenated alkanes) is 3. The summed E-state index contributed by atoms with van der Waals surface area (Å²) < 4.78 is 0. The van der Waals surface area contributed by atoms with Crippen molar-refractivity contribution >= 4 is 0 Å². The van der Waals surface area contributed by atoms with Crippen molar-refractivity contribution in [2.75, 3.05) is 0 Å². The highest BCUT2D eigenvalue weighted by Gasteiger charge is 2.52. The van der Waals surface area contributed by atoms with Crippen molar-refractivity contribution in [2.45, 2.75) is 128 Å². The Bertz CT molecular complexity index is 591. The van der Waals surface area contributed by atoms with Crippen LogP contribution in [0.5, 0.6) is 0 Å². The van der Waals surface area contributed by atoms with E-state index >= 15 is 0 Å². The molecular formula is C29H46. The summed E-state index contributed by atoms with van der Waals surface area (Å²) in [6.07, 6.45) is 24.9. The molecule has 0 aliphatic heterocycles. The molecule has 0 radical (unpaired) electrons. The summed E-state index contributed by atoms with van der Waals surface area (Å²) in [6.45, 7) is 4.63. The first-order valence-electron chi connectivity index (χ1n) is 13.3. The molecule has 0 saturated heterocycles. The van der Waals surface area contributed by atoms with E-state index in [-0.39, 0.29) is 0 Å². The van der Waals surface area contributed by atoms with Crippen molar-refractivity contribution in [1.82, 2.24) is 0 Å². The van der Waals surface area contributed by atoms with Gasteiger partial charge in [0, 0.05) is 0 Å². The van der Waals surface area contributed by atoms with Gasteiger partial charge >= 0.3 is 0 Å². The number of aryl methyl sites for hydroxylation is 1. The van der Waals surface area contributed by atoms with E-state index in [1.807, 2.05) is 0 Å². The van der Waals surface area contributed by atoms with Gasteiger partial charge in [0.2, 0.25) is 0 Å². The van der Waals surface area contributed by atoms with Gasteiger partial charge in [0.05, 0.1) is 0 Å². The highest BCUT2D eigenvalue weighted by molar-refractivity contribution is 5.31. The third-order valence-corrected chi connectivity index (χ3v) is 9.62. The molecule has 4 aliphatic carbocycles. The van der Waals surface area contributed by atoms with Gasteiger partial charge in [-0.05, 0) is 98.0 Å². The zero-order valence-electron chi connectivity index (χ0n) is 19.5. The zero-order valence-corrected chi connectivity index (χ0v) is 19.5. The predicted octanol–water partition coefficient (Wildman–Crippen LogP) is 9.01. The lowest BCUT2D eigenvalue weighted by molar-refractivity contribution is -0.0294. The maximum atomic E-state index is 2.50. The van der Waals surface area contributed by atoms with Crippen LogP contribution in [0.2, 0.25) is 0 Å². The standard InChI is InChI=1S/C29H46/c1-3-5-7-9-25-12-16-27(17-13-25)29-21-18-28(19-22-29,20-23-29)26-14-10-24(11-15-26)8-6-4-2/h10-11,14-15,25,27H,3-9,12-13,16-23H2,1-2H3/t25-,27-,28?,29?. The number of hydrogen-bond donors (Lipinski definition) is 0. The molecule has 2 bridgehead atoms. The van der Waals surface area contributed by atoms with Crippen LogP contribution in [0.15, 0.2) is 24.3 Å². The first-order valence-corrected chi connectivity index (χ1v) is 13.3. The fraction of sp³-hybridized carbons (Fsp3) is 0.793. The Kier molecular flexibility index (Phi) is 7.08. The van der Waals surface area contributed by atoms with Gasteiger partial charge in [-0.25, -0.2) is 0 Å². The number of rotatable bonds is 9. The fourth-order valence-corrected chi connectivity index (χ4v) is 7.41. The molecule has 0 unspecified atom stereocenters. The van der Waals surface area contributed by atoms with Gasteiger partial charge in [0.1, 0.15) is 0 Å². The summed E-state index contributed by atoms with van der Waals surface area (Å²) in [4.78, 5) is 0. The van der Waals surface area contributed by atoms with Crippen LogP contribution in [0, 0.1) is 17.3 Å². The number of benzene rings is 1. The SMILES string of the molecule is CCCCC[C@H]1CC[C@H](C23CCC(c4ccc(CCCC)cc4)(CC2)CC3)CC1.